The molecule has 0 aliphatic carbocycles. The Kier molecular flexibility index (Phi) is 3.56. The minimum Gasteiger partial charge on any atom is -0.480 e. The number of rotatable bonds is 4. The van der Waals surface area contributed by atoms with Gasteiger partial charge in [-0.15, -0.1) is 0 Å². The molecule has 0 aliphatic rings. The van der Waals surface area contributed by atoms with Crippen LogP contribution in [-0.4, -0.2) is 37.4 Å². The van der Waals surface area contributed by atoms with Crippen molar-refractivity contribution in [1.29, 1.82) is 0 Å². The standard InChI is InChI=1S/C12H17N3O3Si/c1-16-11-8(7-13-12(14-11)17-2)9-6-10(18-15-9)19(3,4)5/h6-7H,1-5H3. The van der Waals surface area contributed by atoms with Crippen molar-refractivity contribution in [3.8, 4) is 23.1 Å². The third-order valence-corrected chi connectivity index (χ3v) is 4.35. The predicted octanol–water partition coefficient (Wildman–Crippen LogP) is 1.69. The lowest BCUT2D eigenvalue weighted by atomic mass is 10.2. The third-order valence-electron chi connectivity index (χ3n) is 2.63. The molecule has 19 heavy (non-hydrogen) atoms. The molecule has 2 aromatic rings. The highest BCUT2D eigenvalue weighted by molar-refractivity contribution is 6.87. The van der Waals surface area contributed by atoms with Gasteiger partial charge in [-0.05, 0) is 0 Å². The SMILES string of the molecule is COc1ncc(-c2cc([Si](C)(C)C)on2)c(OC)n1. The molecule has 0 aromatic carbocycles. The summed E-state index contributed by atoms with van der Waals surface area (Å²) in [5.74, 6) is 0.419. The van der Waals surface area contributed by atoms with Crippen LogP contribution in [0.1, 0.15) is 0 Å². The van der Waals surface area contributed by atoms with Gasteiger partial charge in [0.1, 0.15) is 19.2 Å². The predicted molar refractivity (Wildman–Crippen MR) is 73.6 cm³/mol. The lowest BCUT2D eigenvalue weighted by Gasteiger charge is -2.09. The van der Waals surface area contributed by atoms with Crippen LogP contribution in [0.25, 0.3) is 11.3 Å². The summed E-state index contributed by atoms with van der Waals surface area (Å²) >= 11 is 0. The van der Waals surface area contributed by atoms with Crippen molar-refractivity contribution in [2.45, 2.75) is 19.6 Å². The van der Waals surface area contributed by atoms with Gasteiger partial charge in [-0.2, -0.15) is 4.98 Å². The summed E-state index contributed by atoms with van der Waals surface area (Å²) in [6.07, 6.45) is 1.62. The summed E-state index contributed by atoms with van der Waals surface area (Å²) in [4.78, 5) is 8.20. The normalized spacial score (nSPS) is 11.4. The van der Waals surface area contributed by atoms with E-state index < -0.39 is 8.07 Å². The van der Waals surface area contributed by atoms with Gasteiger partial charge in [0.25, 0.3) is 0 Å². The van der Waals surface area contributed by atoms with Crippen molar-refractivity contribution in [3.63, 3.8) is 0 Å². The monoisotopic (exact) mass is 279 g/mol. The molecule has 2 heterocycles. The van der Waals surface area contributed by atoms with Crippen molar-refractivity contribution < 1.29 is 14.0 Å². The van der Waals surface area contributed by atoms with E-state index in [0.717, 1.165) is 5.38 Å². The van der Waals surface area contributed by atoms with Crippen molar-refractivity contribution in [2.24, 2.45) is 0 Å². The van der Waals surface area contributed by atoms with E-state index in [2.05, 4.69) is 34.8 Å². The van der Waals surface area contributed by atoms with Crippen molar-refractivity contribution in [1.82, 2.24) is 15.1 Å². The van der Waals surface area contributed by atoms with Gasteiger partial charge in [0.15, 0.2) is 0 Å². The molecule has 0 unspecified atom stereocenters. The molecule has 0 saturated carbocycles. The molecule has 2 aromatic heterocycles. The molecule has 6 nitrogen and oxygen atoms in total. The quantitative estimate of drug-likeness (QED) is 0.793. The number of methoxy groups -OCH3 is 2. The second kappa shape index (κ2) is 5.00. The van der Waals surface area contributed by atoms with Gasteiger partial charge < -0.3 is 14.0 Å². The Morgan fingerprint density at radius 3 is 2.42 bits per heavy atom. The Bertz CT molecular complexity index is 578. The Hall–Kier alpha value is -1.89. The molecule has 0 atom stereocenters. The van der Waals surface area contributed by atoms with Crippen LogP contribution in [0.4, 0.5) is 0 Å². The summed E-state index contributed by atoms with van der Waals surface area (Å²) in [5, 5.41) is 5.01. The van der Waals surface area contributed by atoms with Gasteiger partial charge >= 0.3 is 6.01 Å². The maximum atomic E-state index is 5.41. The lowest BCUT2D eigenvalue weighted by molar-refractivity contribution is 0.352. The number of hydrogen-bond acceptors (Lipinski definition) is 6. The molecule has 102 valence electrons. The minimum absolute atomic E-state index is 0.259. The van der Waals surface area contributed by atoms with Gasteiger partial charge in [0.2, 0.25) is 5.88 Å². The Balaban J connectivity index is 2.44. The summed E-state index contributed by atoms with van der Waals surface area (Å²) < 4.78 is 15.6. The van der Waals surface area contributed by atoms with Crippen LogP contribution in [0.15, 0.2) is 16.8 Å². The first-order valence-electron chi connectivity index (χ1n) is 5.88. The van der Waals surface area contributed by atoms with E-state index in [1.807, 2.05) is 6.07 Å². The second-order valence-corrected chi connectivity index (χ2v) is 10.1. The van der Waals surface area contributed by atoms with E-state index in [9.17, 15) is 0 Å². The summed E-state index contributed by atoms with van der Waals surface area (Å²) in [5.41, 5.74) is 1.37. The van der Waals surface area contributed by atoms with Crippen LogP contribution in [0.5, 0.6) is 11.9 Å². The van der Waals surface area contributed by atoms with Crippen LogP contribution in [0.2, 0.25) is 19.6 Å². The molecule has 0 aliphatic heterocycles. The number of ether oxygens (including phenoxy) is 2. The molecule has 0 radical (unpaired) electrons. The van der Waals surface area contributed by atoms with Crippen LogP contribution >= 0.6 is 0 Å². The highest BCUT2D eigenvalue weighted by atomic mass is 28.3. The fourth-order valence-corrected chi connectivity index (χ4v) is 2.43. The maximum Gasteiger partial charge on any atom is 0.319 e. The van der Waals surface area contributed by atoms with Crippen LogP contribution in [0.3, 0.4) is 0 Å². The molecular formula is C12H17N3O3Si. The highest BCUT2D eigenvalue weighted by Gasteiger charge is 2.24. The average Bonchev–Trinajstić information content (AvgIpc) is 2.87. The minimum atomic E-state index is -1.53. The Labute approximate surface area is 112 Å². The highest BCUT2D eigenvalue weighted by Crippen LogP contribution is 2.27. The zero-order chi connectivity index (χ0) is 14.0. The first kappa shape index (κ1) is 13.5. The van der Waals surface area contributed by atoms with E-state index in [1.165, 1.54) is 7.11 Å². The summed E-state index contributed by atoms with van der Waals surface area (Å²) in [7, 11) is 1.53. The average molecular weight is 279 g/mol. The largest absolute Gasteiger partial charge is 0.480 e. The van der Waals surface area contributed by atoms with Gasteiger partial charge in [0.05, 0.1) is 19.8 Å². The Morgan fingerprint density at radius 1 is 1.16 bits per heavy atom. The van der Waals surface area contributed by atoms with Gasteiger partial charge in [-0.1, -0.05) is 24.8 Å². The fourth-order valence-electron chi connectivity index (χ4n) is 1.54. The summed E-state index contributed by atoms with van der Waals surface area (Å²) in [6.45, 7) is 6.58. The topological polar surface area (TPSA) is 70.3 Å². The fraction of sp³-hybridized carbons (Fsp3) is 0.417. The molecular weight excluding hydrogens is 262 g/mol. The maximum absolute atomic E-state index is 5.41. The molecule has 0 bridgehead atoms. The Morgan fingerprint density at radius 2 is 1.89 bits per heavy atom. The van der Waals surface area contributed by atoms with E-state index in [4.69, 9.17) is 14.0 Å². The smallest absolute Gasteiger partial charge is 0.319 e. The first-order chi connectivity index (χ1) is 8.95. The van der Waals surface area contributed by atoms with Gasteiger partial charge in [-0.25, -0.2) is 4.98 Å². The molecule has 2 rings (SSSR count). The number of aromatic nitrogens is 3. The van der Waals surface area contributed by atoms with Crippen molar-refractivity contribution in [2.75, 3.05) is 14.2 Å². The molecule has 7 heteroatoms. The molecule has 0 N–H and O–H groups in total. The lowest BCUT2D eigenvalue weighted by Crippen LogP contribution is -2.36. The first-order valence-corrected chi connectivity index (χ1v) is 9.38. The van der Waals surface area contributed by atoms with E-state index in [-0.39, 0.29) is 6.01 Å². The van der Waals surface area contributed by atoms with E-state index >= 15 is 0 Å². The van der Waals surface area contributed by atoms with Crippen LogP contribution in [0, 0.1) is 0 Å². The second-order valence-electron chi connectivity index (χ2n) is 5.11. The number of hydrogen-bond donors (Lipinski definition) is 0. The van der Waals surface area contributed by atoms with Crippen molar-refractivity contribution >= 4 is 13.5 Å². The summed E-state index contributed by atoms with van der Waals surface area (Å²) in [6, 6.07) is 2.19. The number of nitrogens with zero attached hydrogens (tertiary/aromatic N) is 3. The van der Waals surface area contributed by atoms with Gasteiger partial charge in [0, 0.05) is 12.3 Å². The molecule has 0 spiro atoms. The van der Waals surface area contributed by atoms with E-state index in [0.29, 0.717) is 17.1 Å². The molecule has 0 amide bonds. The zero-order valence-electron chi connectivity index (χ0n) is 11.7. The van der Waals surface area contributed by atoms with Gasteiger partial charge in [-0.3, -0.25) is 0 Å². The third kappa shape index (κ3) is 2.76. The van der Waals surface area contributed by atoms with Crippen LogP contribution < -0.4 is 14.9 Å². The van der Waals surface area contributed by atoms with E-state index in [1.54, 1.807) is 13.3 Å². The molecule has 0 saturated heterocycles. The zero-order valence-corrected chi connectivity index (χ0v) is 12.7. The van der Waals surface area contributed by atoms with Crippen LogP contribution in [-0.2, 0) is 0 Å². The molecule has 0 fully saturated rings. The van der Waals surface area contributed by atoms with Crippen molar-refractivity contribution in [3.05, 3.63) is 12.3 Å².